The van der Waals surface area contributed by atoms with E-state index in [1.807, 2.05) is 20.8 Å². The molecule has 0 spiro atoms. The molecule has 5 aliphatic rings. The van der Waals surface area contributed by atoms with Gasteiger partial charge >= 0.3 is 6.03 Å². The topological polar surface area (TPSA) is 147 Å². The van der Waals surface area contributed by atoms with Gasteiger partial charge in [0.2, 0.25) is 11.7 Å². The number of fused-ring (bicyclic) bond motifs is 2. The number of nitrogens with two attached hydrogens (primary N) is 1. The number of hydrogen-bond donors (Lipinski definition) is 4. The molecule has 0 heterocycles. The lowest BCUT2D eigenvalue weighted by molar-refractivity contribution is -0.170. The highest BCUT2D eigenvalue weighted by molar-refractivity contribution is 6.37. The number of carbonyl (C=O) groups is 5. The van der Waals surface area contributed by atoms with Gasteiger partial charge < -0.3 is 21.7 Å². The maximum atomic E-state index is 14.6. The number of rotatable bonds is 14. The molecule has 0 aromatic heterocycles. The summed E-state index contributed by atoms with van der Waals surface area (Å²) in [6, 6.07) is -2.07. The molecule has 2 bridgehead atoms. The molecule has 0 saturated heterocycles. The summed E-state index contributed by atoms with van der Waals surface area (Å²) in [5.41, 5.74) is 4.44. The minimum absolute atomic E-state index is 0.0308. The average Bonchev–Trinajstić information content (AvgIpc) is 2.95. The number of ketones is 2. The maximum absolute atomic E-state index is 14.6. The molecule has 254 valence electrons. The van der Waals surface area contributed by atoms with Gasteiger partial charge in [-0.05, 0) is 67.1 Å². The van der Waals surface area contributed by atoms with E-state index in [1.165, 1.54) is 6.42 Å². The fraction of sp³-hybridized carbons (Fsp3) is 0.861. The standard InChI is InChI=1S/C36H60N4O5/c1-7-8-10-16-36(17-11-9-12-18-36)40-33(45)39-30(34(2,3)4)28(41)24-20-23-21-25(35(23,5)6)27(24)32(44)38-26(29(42)31(37)43)19-22-14-13-15-22/h22-27,30H,7-21H2,1-6H3,(H2,37,43)(H,38,44)(H2,39,40,45)/t23-,24?,25-,26?,27?,30+/m0/s1. The Labute approximate surface area is 270 Å². The first-order valence-corrected chi connectivity index (χ1v) is 17.9. The van der Waals surface area contributed by atoms with Crippen LogP contribution in [0, 0.1) is 40.4 Å². The van der Waals surface area contributed by atoms with Crippen LogP contribution in [0.5, 0.6) is 0 Å². The van der Waals surface area contributed by atoms with E-state index in [4.69, 9.17) is 5.73 Å². The van der Waals surface area contributed by atoms with E-state index >= 15 is 0 Å². The van der Waals surface area contributed by atoms with Gasteiger partial charge in [0.25, 0.3) is 5.91 Å². The first-order chi connectivity index (χ1) is 21.1. The van der Waals surface area contributed by atoms with Gasteiger partial charge in [0, 0.05) is 11.5 Å². The first kappa shape index (κ1) is 35.4. The summed E-state index contributed by atoms with van der Waals surface area (Å²) in [4.78, 5) is 67.0. The Balaban J connectivity index is 1.54. The number of primary amides is 1. The van der Waals surface area contributed by atoms with Gasteiger partial charge in [-0.2, -0.15) is 0 Å². The Morgan fingerprint density at radius 2 is 1.58 bits per heavy atom. The van der Waals surface area contributed by atoms with Crippen LogP contribution < -0.4 is 21.7 Å². The number of unbranched alkanes of at least 4 members (excludes halogenated alkanes) is 2. The molecular weight excluding hydrogens is 568 g/mol. The van der Waals surface area contributed by atoms with Crippen LogP contribution in [0.15, 0.2) is 0 Å². The molecule has 9 nitrogen and oxygen atoms in total. The zero-order chi connectivity index (χ0) is 33.2. The molecule has 4 amide bonds. The number of carbonyl (C=O) groups excluding carboxylic acids is 5. The normalized spacial score (nSPS) is 28.4. The second-order valence-corrected chi connectivity index (χ2v) is 16.6. The quantitative estimate of drug-likeness (QED) is 0.146. The lowest BCUT2D eigenvalue weighted by Gasteiger charge is -2.62. The molecule has 5 saturated carbocycles. The van der Waals surface area contributed by atoms with E-state index in [1.54, 1.807) is 0 Å². The molecule has 0 aromatic carbocycles. The largest absolute Gasteiger partial charge is 0.363 e. The van der Waals surface area contributed by atoms with E-state index in [-0.39, 0.29) is 40.5 Å². The molecule has 3 unspecified atom stereocenters. The fourth-order valence-corrected chi connectivity index (χ4v) is 8.91. The van der Waals surface area contributed by atoms with Crippen LogP contribution in [0.25, 0.3) is 0 Å². The number of urea groups is 1. The lowest BCUT2D eigenvalue weighted by atomic mass is 9.42. The van der Waals surface area contributed by atoms with Gasteiger partial charge in [0.1, 0.15) is 0 Å². The van der Waals surface area contributed by atoms with E-state index in [0.29, 0.717) is 18.8 Å². The summed E-state index contributed by atoms with van der Waals surface area (Å²) >= 11 is 0. The molecule has 0 aromatic rings. The number of hydrogen-bond acceptors (Lipinski definition) is 5. The van der Waals surface area contributed by atoms with Crippen LogP contribution >= 0.6 is 0 Å². The minimum atomic E-state index is -1.05. The van der Waals surface area contributed by atoms with Crippen molar-refractivity contribution in [2.45, 2.75) is 155 Å². The molecule has 0 aliphatic heterocycles. The van der Waals surface area contributed by atoms with Crippen molar-refractivity contribution in [1.82, 2.24) is 16.0 Å². The molecule has 5 aliphatic carbocycles. The molecule has 5 N–H and O–H groups in total. The van der Waals surface area contributed by atoms with Crippen molar-refractivity contribution >= 4 is 29.4 Å². The van der Waals surface area contributed by atoms with Crippen LogP contribution in [0.2, 0.25) is 0 Å². The Bertz CT molecular complexity index is 1120. The maximum Gasteiger partial charge on any atom is 0.315 e. The van der Waals surface area contributed by atoms with E-state index in [2.05, 4.69) is 36.7 Å². The predicted octanol–water partition coefficient (Wildman–Crippen LogP) is 5.58. The van der Waals surface area contributed by atoms with Crippen LogP contribution in [0.3, 0.4) is 0 Å². The Kier molecular flexibility index (Phi) is 11.1. The van der Waals surface area contributed by atoms with E-state index in [9.17, 15) is 24.0 Å². The van der Waals surface area contributed by atoms with E-state index in [0.717, 1.165) is 77.0 Å². The molecular formula is C36H60N4O5. The lowest BCUT2D eigenvalue weighted by Crippen LogP contribution is -2.65. The van der Waals surface area contributed by atoms with Crippen LogP contribution in [-0.2, 0) is 19.2 Å². The SMILES string of the molecule is CCCCCC1(NC(=O)N[C@H](C(=O)C2C[C@H]3C[C@@H](C2C(=O)NC(CC2CCC2)C(=O)C(N)=O)C3(C)C)C(C)(C)C)CCCCC1. The molecule has 6 atom stereocenters. The van der Waals surface area contributed by atoms with Crippen molar-refractivity contribution in [3.8, 4) is 0 Å². The smallest absolute Gasteiger partial charge is 0.315 e. The summed E-state index contributed by atoms with van der Waals surface area (Å²) in [7, 11) is 0. The third-order valence-corrected chi connectivity index (χ3v) is 12.2. The van der Waals surface area contributed by atoms with Gasteiger partial charge in [-0.15, -0.1) is 0 Å². The van der Waals surface area contributed by atoms with Crippen molar-refractivity contribution < 1.29 is 24.0 Å². The van der Waals surface area contributed by atoms with Crippen molar-refractivity contribution in [2.75, 3.05) is 0 Å². The van der Waals surface area contributed by atoms with Crippen LogP contribution in [0.4, 0.5) is 4.79 Å². The third-order valence-electron chi connectivity index (χ3n) is 12.2. The Morgan fingerprint density at radius 3 is 2.11 bits per heavy atom. The second kappa shape index (κ2) is 14.1. The third kappa shape index (κ3) is 7.93. The summed E-state index contributed by atoms with van der Waals surface area (Å²) in [6.45, 7) is 12.4. The van der Waals surface area contributed by atoms with Crippen molar-refractivity contribution in [3.63, 3.8) is 0 Å². The first-order valence-electron chi connectivity index (χ1n) is 17.9. The summed E-state index contributed by atoms with van der Waals surface area (Å²) < 4.78 is 0. The zero-order valence-electron chi connectivity index (χ0n) is 28.8. The highest BCUT2D eigenvalue weighted by atomic mass is 16.2. The molecule has 5 rings (SSSR count). The average molecular weight is 629 g/mol. The highest BCUT2D eigenvalue weighted by Gasteiger charge is 2.62. The summed E-state index contributed by atoms with van der Waals surface area (Å²) in [5, 5.41) is 9.33. The molecule has 45 heavy (non-hydrogen) atoms. The molecule has 9 heteroatoms. The molecule has 5 fully saturated rings. The van der Waals surface area contributed by atoms with Gasteiger partial charge in [-0.3, -0.25) is 19.2 Å². The number of nitrogens with one attached hydrogen (secondary N) is 3. The van der Waals surface area contributed by atoms with Gasteiger partial charge in [-0.25, -0.2) is 4.79 Å². The second-order valence-electron chi connectivity index (χ2n) is 16.6. The van der Waals surface area contributed by atoms with E-state index < -0.39 is 41.0 Å². The number of amides is 4. The Hall–Kier alpha value is -2.45. The van der Waals surface area contributed by atoms with Crippen molar-refractivity contribution in [2.24, 2.45) is 46.2 Å². The van der Waals surface area contributed by atoms with Crippen LogP contribution in [-0.4, -0.2) is 47.0 Å². The zero-order valence-corrected chi connectivity index (χ0v) is 28.8. The summed E-state index contributed by atoms with van der Waals surface area (Å²) in [5.74, 6) is -2.98. The Morgan fingerprint density at radius 1 is 0.911 bits per heavy atom. The van der Waals surface area contributed by atoms with Crippen molar-refractivity contribution in [3.05, 3.63) is 0 Å². The highest BCUT2D eigenvalue weighted by Crippen LogP contribution is 2.63. The predicted molar refractivity (Wildman–Crippen MR) is 175 cm³/mol. The summed E-state index contributed by atoms with van der Waals surface area (Å²) in [6.07, 6.45) is 14.3. The van der Waals surface area contributed by atoms with Crippen molar-refractivity contribution in [1.29, 1.82) is 0 Å². The van der Waals surface area contributed by atoms with Gasteiger partial charge in [0.15, 0.2) is 5.78 Å². The van der Waals surface area contributed by atoms with Gasteiger partial charge in [0.05, 0.1) is 18.0 Å². The number of Topliss-reactive ketones (excluding diaryl/α,β-unsaturated/α-hetero) is 2. The van der Waals surface area contributed by atoms with Gasteiger partial charge in [-0.1, -0.05) is 99.3 Å². The monoisotopic (exact) mass is 628 g/mol. The molecule has 0 radical (unpaired) electrons. The fourth-order valence-electron chi connectivity index (χ4n) is 8.91. The minimum Gasteiger partial charge on any atom is -0.363 e. The van der Waals surface area contributed by atoms with Crippen LogP contribution in [0.1, 0.15) is 138 Å².